The van der Waals surface area contributed by atoms with Gasteiger partial charge in [-0.2, -0.15) is 0 Å². The Kier molecular flexibility index (Phi) is 4.41. The van der Waals surface area contributed by atoms with Crippen LogP contribution in [0.5, 0.6) is 0 Å². The Morgan fingerprint density at radius 1 is 0.800 bits per heavy atom. The third kappa shape index (κ3) is 3.82. The van der Waals surface area contributed by atoms with Crippen molar-refractivity contribution in [2.45, 2.75) is 32.8 Å². The summed E-state index contributed by atoms with van der Waals surface area (Å²) in [6.45, 7) is 6.76. The van der Waals surface area contributed by atoms with E-state index in [1.807, 2.05) is 24.3 Å². The fourth-order valence-electron chi connectivity index (χ4n) is 2.02. The molecule has 104 valence electrons. The van der Waals surface area contributed by atoms with E-state index in [4.69, 9.17) is 5.11 Å². The normalized spacial score (nSPS) is 12.0. The van der Waals surface area contributed by atoms with Crippen LogP contribution in [0.2, 0.25) is 0 Å². The topological polar surface area (TPSA) is 20.2 Å². The SMILES string of the molecule is CC(C)(C)c1ccc(C=Cc2ccc(CO)cc2)cc1. The van der Waals surface area contributed by atoms with Crippen LogP contribution in [0.15, 0.2) is 48.5 Å². The highest BCUT2D eigenvalue weighted by molar-refractivity contribution is 5.69. The minimum absolute atomic E-state index is 0.0955. The van der Waals surface area contributed by atoms with E-state index in [-0.39, 0.29) is 12.0 Å². The zero-order valence-corrected chi connectivity index (χ0v) is 12.4. The molecule has 1 N–H and O–H groups in total. The van der Waals surface area contributed by atoms with Crippen molar-refractivity contribution in [3.63, 3.8) is 0 Å². The van der Waals surface area contributed by atoms with E-state index in [0.717, 1.165) is 11.1 Å². The van der Waals surface area contributed by atoms with Crippen LogP contribution in [0, 0.1) is 0 Å². The smallest absolute Gasteiger partial charge is 0.0681 e. The van der Waals surface area contributed by atoms with E-state index < -0.39 is 0 Å². The first-order valence-corrected chi connectivity index (χ1v) is 6.97. The van der Waals surface area contributed by atoms with Crippen molar-refractivity contribution < 1.29 is 5.11 Å². The number of aliphatic hydroxyl groups is 1. The van der Waals surface area contributed by atoms with E-state index in [1.54, 1.807) is 0 Å². The van der Waals surface area contributed by atoms with E-state index >= 15 is 0 Å². The van der Waals surface area contributed by atoms with Gasteiger partial charge in [-0.15, -0.1) is 0 Å². The van der Waals surface area contributed by atoms with Gasteiger partial charge in [-0.3, -0.25) is 0 Å². The largest absolute Gasteiger partial charge is 0.392 e. The van der Waals surface area contributed by atoms with Gasteiger partial charge in [-0.1, -0.05) is 81.5 Å². The first-order valence-electron chi connectivity index (χ1n) is 6.97. The van der Waals surface area contributed by atoms with Gasteiger partial charge in [0.2, 0.25) is 0 Å². The summed E-state index contributed by atoms with van der Waals surface area (Å²) in [5.74, 6) is 0. The molecule has 0 amide bonds. The lowest BCUT2D eigenvalue weighted by Gasteiger charge is -2.18. The molecule has 1 heteroatoms. The molecular weight excluding hydrogens is 244 g/mol. The fraction of sp³-hybridized carbons (Fsp3) is 0.263. The van der Waals surface area contributed by atoms with E-state index in [0.29, 0.717) is 0 Å². The Morgan fingerprint density at radius 2 is 1.25 bits per heavy atom. The molecule has 0 spiro atoms. The van der Waals surface area contributed by atoms with Crippen LogP contribution in [0.3, 0.4) is 0 Å². The van der Waals surface area contributed by atoms with Gasteiger partial charge in [0.05, 0.1) is 6.61 Å². The van der Waals surface area contributed by atoms with Crippen molar-refractivity contribution in [3.05, 3.63) is 70.8 Å². The van der Waals surface area contributed by atoms with Crippen molar-refractivity contribution in [1.82, 2.24) is 0 Å². The maximum absolute atomic E-state index is 9.01. The molecule has 2 aromatic rings. The molecule has 0 bridgehead atoms. The standard InChI is InChI=1S/C19H22O/c1-19(2,3)18-12-10-16(11-13-18)5-4-15-6-8-17(14-20)9-7-15/h4-13,20H,14H2,1-3H3. The van der Waals surface area contributed by atoms with Crippen LogP contribution in [0.25, 0.3) is 12.2 Å². The van der Waals surface area contributed by atoms with Crippen molar-refractivity contribution >= 4 is 12.2 Å². The van der Waals surface area contributed by atoms with Crippen molar-refractivity contribution in [2.75, 3.05) is 0 Å². The van der Waals surface area contributed by atoms with Gasteiger partial charge < -0.3 is 5.11 Å². The van der Waals surface area contributed by atoms with E-state index in [9.17, 15) is 0 Å². The van der Waals surface area contributed by atoms with Crippen LogP contribution in [0.4, 0.5) is 0 Å². The number of rotatable bonds is 3. The summed E-state index contributed by atoms with van der Waals surface area (Å²) >= 11 is 0. The lowest BCUT2D eigenvalue weighted by molar-refractivity contribution is 0.282. The summed E-state index contributed by atoms with van der Waals surface area (Å²) < 4.78 is 0. The van der Waals surface area contributed by atoms with Gasteiger partial charge >= 0.3 is 0 Å². The molecule has 2 rings (SSSR count). The molecule has 0 aliphatic rings. The van der Waals surface area contributed by atoms with Crippen LogP contribution < -0.4 is 0 Å². The van der Waals surface area contributed by atoms with Crippen LogP contribution in [-0.4, -0.2) is 5.11 Å². The van der Waals surface area contributed by atoms with E-state index in [1.165, 1.54) is 11.1 Å². The molecule has 0 aliphatic heterocycles. The Hall–Kier alpha value is -1.86. The van der Waals surface area contributed by atoms with Gasteiger partial charge in [-0.25, -0.2) is 0 Å². The van der Waals surface area contributed by atoms with Crippen LogP contribution in [0.1, 0.15) is 43.0 Å². The number of hydrogen-bond donors (Lipinski definition) is 1. The summed E-state index contributed by atoms with van der Waals surface area (Å²) in [6, 6.07) is 16.6. The molecule has 20 heavy (non-hydrogen) atoms. The average molecular weight is 266 g/mol. The van der Waals surface area contributed by atoms with Crippen molar-refractivity contribution in [3.8, 4) is 0 Å². The lowest BCUT2D eigenvalue weighted by atomic mass is 9.87. The van der Waals surface area contributed by atoms with Gasteiger partial charge in [0.15, 0.2) is 0 Å². The minimum atomic E-state index is 0.0955. The zero-order chi connectivity index (χ0) is 14.6. The Balaban J connectivity index is 2.10. The molecule has 0 atom stereocenters. The quantitative estimate of drug-likeness (QED) is 0.802. The van der Waals surface area contributed by atoms with Gasteiger partial charge in [0.25, 0.3) is 0 Å². The minimum Gasteiger partial charge on any atom is -0.392 e. The maximum atomic E-state index is 9.01. The number of benzene rings is 2. The summed E-state index contributed by atoms with van der Waals surface area (Å²) in [6.07, 6.45) is 4.20. The highest BCUT2D eigenvalue weighted by Gasteiger charge is 2.12. The number of aliphatic hydroxyl groups excluding tert-OH is 1. The van der Waals surface area contributed by atoms with Crippen LogP contribution in [-0.2, 0) is 12.0 Å². The third-order valence-electron chi connectivity index (χ3n) is 3.41. The average Bonchev–Trinajstić information content (AvgIpc) is 2.45. The van der Waals surface area contributed by atoms with Gasteiger partial charge in [0, 0.05) is 0 Å². The highest BCUT2D eigenvalue weighted by Crippen LogP contribution is 2.22. The van der Waals surface area contributed by atoms with E-state index in [2.05, 4.69) is 57.2 Å². The molecule has 0 radical (unpaired) electrons. The Morgan fingerprint density at radius 3 is 1.65 bits per heavy atom. The first-order chi connectivity index (χ1) is 9.49. The molecule has 0 fully saturated rings. The van der Waals surface area contributed by atoms with Crippen LogP contribution >= 0.6 is 0 Å². The molecule has 0 unspecified atom stereocenters. The highest BCUT2D eigenvalue weighted by atomic mass is 16.3. The fourth-order valence-corrected chi connectivity index (χ4v) is 2.02. The molecule has 0 aliphatic carbocycles. The molecule has 0 saturated heterocycles. The van der Waals surface area contributed by atoms with Gasteiger partial charge in [0.1, 0.15) is 0 Å². The predicted octanol–water partition coefficient (Wildman–Crippen LogP) is 4.65. The monoisotopic (exact) mass is 266 g/mol. The van der Waals surface area contributed by atoms with Gasteiger partial charge in [-0.05, 0) is 27.7 Å². The molecule has 2 aromatic carbocycles. The summed E-state index contributed by atoms with van der Waals surface area (Å²) in [5, 5.41) is 9.01. The first kappa shape index (κ1) is 14.5. The second kappa shape index (κ2) is 6.06. The lowest BCUT2D eigenvalue weighted by Crippen LogP contribution is -2.10. The predicted molar refractivity (Wildman–Crippen MR) is 86.4 cm³/mol. The third-order valence-corrected chi connectivity index (χ3v) is 3.41. The summed E-state index contributed by atoms with van der Waals surface area (Å²) in [4.78, 5) is 0. The summed E-state index contributed by atoms with van der Waals surface area (Å²) in [7, 11) is 0. The second-order valence-corrected chi connectivity index (χ2v) is 6.11. The Bertz CT molecular complexity index is 569. The van der Waals surface area contributed by atoms with Crippen molar-refractivity contribution in [1.29, 1.82) is 0 Å². The molecule has 0 saturated carbocycles. The number of hydrogen-bond acceptors (Lipinski definition) is 1. The molecule has 0 heterocycles. The second-order valence-electron chi connectivity index (χ2n) is 6.11. The Labute approximate surface area is 121 Å². The maximum Gasteiger partial charge on any atom is 0.0681 e. The zero-order valence-electron chi connectivity index (χ0n) is 12.4. The molecule has 0 aromatic heterocycles. The summed E-state index contributed by atoms with van der Waals surface area (Å²) in [5.41, 5.74) is 4.83. The van der Waals surface area contributed by atoms with Crippen molar-refractivity contribution in [2.24, 2.45) is 0 Å². The molecular formula is C19H22O. The molecule has 1 nitrogen and oxygen atoms in total.